The predicted molar refractivity (Wildman–Crippen MR) is 128 cm³/mol. The lowest BCUT2D eigenvalue weighted by Crippen LogP contribution is -2.76. The maximum atomic E-state index is 13.6. The number of likely N-dealkylation sites (N-methyl/N-ethyl adjacent to an activating group) is 1. The number of hydrogen-bond acceptors (Lipinski definition) is 4. The third-order valence-corrected chi connectivity index (χ3v) is 6.82. The van der Waals surface area contributed by atoms with Crippen molar-refractivity contribution in [3.63, 3.8) is 0 Å². The summed E-state index contributed by atoms with van der Waals surface area (Å²) in [5.41, 5.74) is 0.776. The number of amides is 4. The van der Waals surface area contributed by atoms with Crippen LogP contribution in [0.3, 0.4) is 0 Å². The Labute approximate surface area is 202 Å². The fourth-order valence-electron chi connectivity index (χ4n) is 5.04. The van der Waals surface area contributed by atoms with Gasteiger partial charge in [0, 0.05) is 19.6 Å². The molecule has 3 atom stereocenters. The molecule has 0 spiro atoms. The van der Waals surface area contributed by atoms with E-state index in [1.54, 1.807) is 34.1 Å². The second-order valence-electron chi connectivity index (χ2n) is 9.23. The van der Waals surface area contributed by atoms with Gasteiger partial charge in [-0.3, -0.25) is 9.59 Å². The second-order valence-corrected chi connectivity index (χ2v) is 9.23. The van der Waals surface area contributed by atoms with Crippen molar-refractivity contribution in [2.75, 3.05) is 20.1 Å². The van der Waals surface area contributed by atoms with E-state index in [1.165, 1.54) is 12.1 Å². The van der Waals surface area contributed by atoms with E-state index in [1.807, 2.05) is 4.90 Å². The standard InChI is InChI=1S/C25H38FN5O3/c1-5-8-10-21-24(33)29(20(7-3)9-6-2)16-22-30(21)23(32)17-28(4)31(22)25(34)27-15-18-11-13-19(26)14-12-18/h11-14,20-22H,5-10,15-17H2,1-4H3,(H,27,34)/t20?,21-,22-/m0/s1. The number of carbonyl (C=O) groups excluding carboxylic acids is 3. The lowest BCUT2D eigenvalue weighted by molar-refractivity contribution is -0.190. The lowest BCUT2D eigenvalue weighted by Gasteiger charge is -2.55. The molecule has 0 aliphatic carbocycles. The van der Waals surface area contributed by atoms with E-state index in [2.05, 4.69) is 26.1 Å². The number of fused-ring (bicyclic) bond motifs is 1. The maximum Gasteiger partial charge on any atom is 0.334 e. The van der Waals surface area contributed by atoms with Gasteiger partial charge in [-0.25, -0.2) is 19.2 Å². The molecule has 0 radical (unpaired) electrons. The van der Waals surface area contributed by atoms with Gasteiger partial charge in [-0.15, -0.1) is 0 Å². The van der Waals surface area contributed by atoms with Gasteiger partial charge in [0.25, 0.3) is 0 Å². The third-order valence-electron chi connectivity index (χ3n) is 6.82. The summed E-state index contributed by atoms with van der Waals surface area (Å²) in [6, 6.07) is 5.15. The average molecular weight is 476 g/mol. The van der Waals surface area contributed by atoms with Gasteiger partial charge in [0.15, 0.2) is 0 Å². The Morgan fingerprint density at radius 3 is 2.47 bits per heavy atom. The zero-order chi connectivity index (χ0) is 24.8. The average Bonchev–Trinajstić information content (AvgIpc) is 2.81. The molecule has 9 heteroatoms. The van der Waals surface area contributed by atoms with Gasteiger partial charge in [-0.1, -0.05) is 52.2 Å². The Hall–Kier alpha value is -2.68. The van der Waals surface area contributed by atoms with E-state index < -0.39 is 12.2 Å². The fourth-order valence-corrected chi connectivity index (χ4v) is 5.04. The van der Waals surface area contributed by atoms with Crippen LogP contribution in [0.5, 0.6) is 0 Å². The van der Waals surface area contributed by atoms with E-state index in [-0.39, 0.29) is 42.8 Å². The van der Waals surface area contributed by atoms with Crippen molar-refractivity contribution < 1.29 is 18.8 Å². The van der Waals surface area contributed by atoms with Crippen LogP contribution in [0.2, 0.25) is 0 Å². The molecule has 0 aromatic heterocycles. The van der Waals surface area contributed by atoms with Gasteiger partial charge in [0.2, 0.25) is 11.8 Å². The summed E-state index contributed by atoms with van der Waals surface area (Å²) in [5, 5.41) is 6.11. The SMILES string of the molecule is CCCC[C@H]1C(=O)N(C(CC)CCC)C[C@H]2N1C(=O)CN(C)N2C(=O)NCc1ccc(F)cc1. The molecule has 1 aromatic carbocycles. The molecule has 2 fully saturated rings. The number of piperazine rings is 1. The number of halogens is 1. The molecule has 8 nitrogen and oxygen atoms in total. The molecule has 3 rings (SSSR count). The number of urea groups is 1. The highest BCUT2D eigenvalue weighted by atomic mass is 19.1. The molecular weight excluding hydrogens is 437 g/mol. The van der Waals surface area contributed by atoms with E-state index in [9.17, 15) is 18.8 Å². The van der Waals surface area contributed by atoms with E-state index >= 15 is 0 Å². The number of carbonyl (C=O) groups is 3. The first-order valence-corrected chi connectivity index (χ1v) is 12.5. The highest BCUT2D eigenvalue weighted by Crippen LogP contribution is 2.30. The number of unbranched alkanes of at least 4 members (excludes halogenated alkanes) is 1. The minimum Gasteiger partial charge on any atom is -0.334 e. The summed E-state index contributed by atoms with van der Waals surface area (Å²) in [6.07, 6.45) is 4.44. The molecule has 1 aromatic rings. The highest BCUT2D eigenvalue weighted by Gasteiger charge is 2.51. The number of rotatable bonds is 9. The van der Waals surface area contributed by atoms with Crippen LogP contribution >= 0.6 is 0 Å². The van der Waals surface area contributed by atoms with Crippen molar-refractivity contribution in [1.82, 2.24) is 25.1 Å². The molecule has 188 valence electrons. The number of nitrogens with zero attached hydrogens (tertiary/aromatic N) is 4. The van der Waals surface area contributed by atoms with Crippen LogP contribution in [0, 0.1) is 5.82 Å². The summed E-state index contributed by atoms with van der Waals surface area (Å²) >= 11 is 0. The minimum atomic E-state index is -0.565. The number of hydrogen-bond donors (Lipinski definition) is 1. The molecule has 1 N–H and O–H groups in total. The van der Waals surface area contributed by atoms with E-state index in [0.717, 1.165) is 37.7 Å². The summed E-state index contributed by atoms with van der Waals surface area (Å²) < 4.78 is 13.2. The van der Waals surface area contributed by atoms with Crippen molar-refractivity contribution >= 4 is 17.8 Å². The Balaban J connectivity index is 1.87. The van der Waals surface area contributed by atoms with E-state index in [0.29, 0.717) is 13.0 Å². The first-order valence-electron chi connectivity index (χ1n) is 12.5. The molecule has 2 saturated heterocycles. The molecule has 2 aliphatic rings. The molecule has 2 aliphatic heterocycles. The fraction of sp³-hybridized carbons (Fsp3) is 0.640. The quantitative estimate of drug-likeness (QED) is 0.595. The molecule has 0 bridgehead atoms. The van der Waals surface area contributed by atoms with Crippen LogP contribution in [-0.4, -0.2) is 76.0 Å². The Morgan fingerprint density at radius 2 is 1.85 bits per heavy atom. The maximum absolute atomic E-state index is 13.6. The topological polar surface area (TPSA) is 76.2 Å². The smallest absolute Gasteiger partial charge is 0.334 e. The molecule has 34 heavy (non-hydrogen) atoms. The lowest BCUT2D eigenvalue weighted by atomic mass is 9.97. The first-order chi connectivity index (χ1) is 16.3. The minimum absolute atomic E-state index is 0.00502. The zero-order valence-electron chi connectivity index (χ0n) is 20.8. The highest BCUT2D eigenvalue weighted by molar-refractivity contribution is 5.91. The number of benzene rings is 1. The normalized spacial score (nSPS) is 22.1. The van der Waals surface area contributed by atoms with Crippen LogP contribution in [0.1, 0.15) is 64.9 Å². The Bertz CT molecular complexity index is 865. The molecule has 0 saturated carbocycles. The summed E-state index contributed by atoms with van der Waals surface area (Å²) in [7, 11) is 1.72. The summed E-state index contributed by atoms with van der Waals surface area (Å²) in [5.74, 6) is -0.468. The second kappa shape index (κ2) is 11.6. The predicted octanol–water partition coefficient (Wildman–Crippen LogP) is 3.33. The molecule has 1 unspecified atom stereocenters. The number of nitrogens with one attached hydrogen (secondary N) is 1. The molecule has 4 amide bonds. The van der Waals surface area contributed by atoms with Crippen LogP contribution < -0.4 is 5.32 Å². The van der Waals surface area contributed by atoms with Crippen molar-refractivity contribution in [2.24, 2.45) is 0 Å². The van der Waals surface area contributed by atoms with Crippen molar-refractivity contribution in [3.05, 3.63) is 35.6 Å². The van der Waals surface area contributed by atoms with Crippen LogP contribution in [0.25, 0.3) is 0 Å². The first kappa shape index (κ1) is 25.9. The third kappa shape index (κ3) is 5.51. The van der Waals surface area contributed by atoms with Crippen molar-refractivity contribution in [3.8, 4) is 0 Å². The van der Waals surface area contributed by atoms with Gasteiger partial charge in [-0.2, -0.15) is 0 Å². The summed E-state index contributed by atoms with van der Waals surface area (Å²) in [4.78, 5) is 43.6. The monoisotopic (exact) mass is 475 g/mol. The van der Waals surface area contributed by atoms with Crippen molar-refractivity contribution in [1.29, 1.82) is 0 Å². The van der Waals surface area contributed by atoms with Gasteiger partial charge in [0.05, 0.1) is 13.1 Å². The van der Waals surface area contributed by atoms with Crippen molar-refractivity contribution in [2.45, 2.75) is 84.1 Å². The number of hydrazine groups is 1. The largest absolute Gasteiger partial charge is 0.334 e. The Morgan fingerprint density at radius 1 is 1.15 bits per heavy atom. The van der Waals surface area contributed by atoms with Crippen LogP contribution in [-0.2, 0) is 16.1 Å². The van der Waals surface area contributed by atoms with Gasteiger partial charge in [-0.05, 0) is 37.0 Å². The Kier molecular flexibility index (Phi) is 8.88. The van der Waals surface area contributed by atoms with Gasteiger partial charge < -0.3 is 15.1 Å². The summed E-state index contributed by atoms with van der Waals surface area (Å²) in [6.45, 7) is 6.80. The zero-order valence-corrected chi connectivity index (χ0v) is 20.8. The van der Waals surface area contributed by atoms with Crippen LogP contribution in [0.15, 0.2) is 24.3 Å². The van der Waals surface area contributed by atoms with Gasteiger partial charge in [0.1, 0.15) is 18.0 Å². The van der Waals surface area contributed by atoms with Gasteiger partial charge >= 0.3 is 6.03 Å². The molecular formula is C25H38FN5O3. The van der Waals surface area contributed by atoms with Crippen LogP contribution in [0.4, 0.5) is 9.18 Å². The molecule has 2 heterocycles. The van der Waals surface area contributed by atoms with E-state index in [4.69, 9.17) is 0 Å².